The monoisotopic (exact) mass is 273 g/mol. The molecule has 2 aromatic heterocycles. The molecule has 0 saturated heterocycles. The van der Waals surface area contributed by atoms with Crippen LogP contribution in [0.2, 0.25) is 0 Å². The number of nitrogens with zero attached hydrogens (tertiary/aromatic N) is 2. The zero-order valence-corrected chi connectivity index (χ0v) is 12.5. The lowest BCUT2D eigenvalue weighted by molar-refractivity contribution is 0.244. The van der Waals surface area contributed by atoms with Crippen molar-refractivity contribution in [3.8, 4) is 0 Å². The van der Waals surface area contributed by atoms with E-state index < -0.39 is 0 Å². The summed E-state index contributed by atoms with van der Waals surface area (Å²) in [6.45, 7) is 7.79. The normalized spacial score (nSPS) is 11.2. The summed E-state index contributed by atoms with van der Waals surface area (Å²) in [5.41, 5.74) is 2.50. The van der Waals surface area contributed by atoms with E-state index in [0.29, 0.717) is 0 Å². The van der Waals surface area contributed by atoms with Crippen molar-refractivity contribution in [1.29, 1.82) is 0 Å². The molecule has 0 radical (unpaired) electrons. The zero-order chi connectivity index (χ0) is 14.4. The average molecular weight is 273 g/mol. The van der Waals surface area contributed by atoms with Crippen molar-refractivity contribution in [1.82, 2.24) is 15.2 Å². The largest absolute Gasteiger partial charge is 0.463 e. The smallest absolute Gasteiger partial charge is 0.120 e. The molecule has 2 rings (SSSR count). The van der Waals surface area contributed by atoms with E-state index in [1.54, 1.807) is 0 Å². The van der Waals surface area contributed by atoms with Gasteiger partial charge < -0.3 is 9.73 Å². The van der Waals surface area contributed by atoms with Gasteiger partial charge in [-0.3, -0.25) is 9.88 Å². The molecule has 0 aliphatic rings. The molecule has 108 valence electrons. The van der Waals surface area contributed by atoms with Crippen LogP contribution >= 0.6 is 0 Å². The summed E-state index contributed by atoms with van der Waals surface area (Å²) in [6.07, 6.45) is 3.68. The highest BCUT2D eigenvalue weighted by atomic mass is 16.3. The Balaban J connectivity index is 2.01. The number of aromatic nitrogens is 1. The molecule has 20 heavy (non-hydrogen) atoms. The number of nitrogens with one attached hydrogen (secondary N) is 1. The second-order valence-corrected chi connectivity index (χ2v) is 5.01. The zero-order valence-electron chi connectivity index (χ0n) is 12.5. The van der Waals surface area contributed by atoms with Crippen LogP contribution < -0.4 is 5.32 Å². The van der Waals surface area contributed by atoms with Gasteiger partial charge in [-0.1, -0.05) is 6.92 Å². The molecule has 2 aromatic rings. The fourth-order valence-electron chi connectivity index (χ4n) is 2.25. The Labute approximate surface area is 120 Å². The van der Waals surface area contributed by atoms with E-state index >= 15 is 0 Å². The highest BCUT2D eigenvalue weighted by Gasteiger charge is 2.11. The number of rotatable bonds is 7. The average Bonchev–Trinajstić information content (AvgIpc) is 2.80. The minimum Gasteiger partial charge on any atom is -0.463 e. The molecule has 0 spiro atoms. The molecule has 4 nitrogen and oxygen atoms in total. The van der Waals surface area contributed by atoms with Gasteiger partial charge >= 0.3 is 0 Å². The van der Waals surface area contributed by atoms with Crippen molar-refractivity contribution in [2.45, 2.75) is 33.5 Å². The predicted molar refractivity (Wildman–Crippen MR) is 80.2 cm³/mol. The van der Waals surface area contributed by atoms with Crippen LogP contribution in [-0.2, 0) is 19.6 Å². The standard InChI is InChI=1S/C16H23N3O/c1-4-19(11-14-5-7-18-8-6-14)12-15-9-13(2)16(20-15)10-17-3/h5-9,17H,4,10-12H2,1-3H3. The van der Waals surface area contributed by atoms with E-state index in [9.17, 15) is 0 Å². The second-order valence-electron chi connectivity index (χ2n) is 5.01. The number of pyridine rings is 1. The molecule has 0 saturated carbocycles. The number of hydrogen-bond donors (Lipinski definition) is 1. The van der Waals surface area contributed by atoms with Gasteiger partial charge in [0.25, 0.3) is 0 Å². The Morgan fingerprint density at radius 2 is 2.00 bits per heavy atom. The van der Waals surface area contributed by atoms with Gasteiger partial charge in [0.15, 0.2) is 0 Å². The Kier molecular flexibility index (Phi) is 5.32. The first kappa shape index (κ1) is 14.8. The molecule has 1 N–H and O–H groups in total. The maximum atomic E-state index is 5.91. The molecule has 0 fully saturated rings. The molecular formula is C16H23N3O. The Bertz CT molecular complexity index is 522. The lowest BCUT2D eigenvalue weighted by Crippen LogP contribution is -2.22. The summed E-state index contributed by atoms with van der Waals surface area (Å²) in [5.74, 6) is 2.06. The summed E-state index contributed by atoms with van der Waals surface area (Å²) in [6, 6.07) is 6.26. The van der Waals surface area contributed by atoms with Gasteiger partial charge in [0.1, 0.15) is 11.5 Å². The molecule has 0 amide bonds. The summed E-state index contributed by atoms with van der Waals surface area (Å²) in [5, 5.41) is 3.13. The Morgan fingerprint density at radius 3 is 2.65 bits per heavy atom. The first-order valence-corrected chi connectivity index (χ1v) is 7.07. The van der Waals surface area contributed by atoms with Crippen LogP contribution in [0.5, 0.6) is 0 Å². The van der Waals surface area contributed by atoms with Crippen molar-refractivity contribution < 1.29 is 4.42 Å². The van der Waals surface area contributed by atoms with E-state index in [2.05, 4.69) is 47.2 Å². The molecule has 2 heterocycles. The fraction of sp³-hybridized carbons (Fsp3) is 0.438. The first-order chi connectivity index (χ1) is 9.72. The van der Waals surface area contributed by atoms with Crippen molar-refractivity contribution in [3.05, 3.63) is 53.2 Å². The third kappa shape index (κ3) is 3.92. The van der Waals surface area contributed by atoms with Gasteiger partial charge in [0, 0.05) is 18.9 Å². The van der Waals surface area contributed by atoms with Crippen LogP contribution in [-0.4, -0.2) is 23.5 Å². The number of hydrogen-bond acceptors (Lipinski definition) is 4. The van der Waals surface area contributed by atoms with E-state index in [1.807, 2.05) is 19.4 Å². The van der Waals surface area contributed by atoms with Crippen LogP contribution in [0.3, 0.4) is 0 Å². The molecule has 4 heteroatoms. The third-order valence-corrected chi connectivity index (χ3v) is 3.39. The summed E-state index contributed by atoms with van der Waals surface area (Å²) >= 11 is 0. The number of aryl methyl sites for hydroxylation is 1. The van der Waals surface area contributed by atoms with Crippen LogP contribution in [0.1, 0.15) is 29.6 Å². The maximum absolute atomic E-state index is 5.91. The van der Waals surface area contributed by atoms with E-state index in [4.69, 9.17) is 4.42 Å². The molecule has 0 aliphatic heterocycles. The van der Waals surface area contributed by atoms with Gasteiger partial charge in [-0.15, -0.1) is 0 Å². The van der Waals surface area contributed by atoms with Crippen LogP contribution in [0, 0.1) is 6.92 Å². The van der Waals surface area contributed by atoms with Crippen molar-refractivity contribution in [2.75, 3.05) is 13.6 Å². The quantitative estimate of drug-likeness (QED) is 0.842. The summed E-state index contributed by atoms with van der Waals surface area (Å²) in [7, 11) is 1.93. The van der Waals surface area contributed by atoms with Gasteiger partial charge in [0.2, 0.25) is 0 Å². The van der Waals surface area contributed by atoms with Crippen LogP contribution in [0.15, 0.2) is 35.0 Å². The van der Waals surface area contributed by atoms with Crippen molar-refractivity contribution in [2.24, 2.45) is 0 Å². The second kappa shape index (κ2) is 7.22. The highest BCUT2D eigenvalue weighted by molar-refractivity contribution is 5.20. The molecule has 0 aromatic carbocycles. The molecule has 0 bridgehead atoms. The van der Waals surface area contributed by atoms with Gasteiger partial charge in [-0.25, -0.2) is 0 Å². The Morgan fingerprint density at radius 1 is 1.25 bits per heavy atom. The van der Waals surface area contributed by atoms with Crippen LogP contribution in [0.4, 0.5) is 0 Å². The Hall–Kier alpha value is -1.65. The topological polar surface area (TPSA) is 41.3 Å². The van der Waals surface area contributed by atoms with Gasteiger partial charge in [-0.05, 0) is 49.8 Å². The summed E-state index contributed by atoms with van der Waals surface area (Å²) < 4.78 is 5.91. The molecule has 0 atom stereocenters. The highest BCUT2D eigenvalue weighted by Crippen LogP contribution is 2.17. The van der Waals surface area contributed by atoms with Gasteiger partial charge in [-0.2, -0.15) is 0 Å². The van der Waals surface area contributed by atoms with E-state index in [0.717, 1.165) is 37.7 Å². The minimum atomic E-state index is 0.780. The maximum Gasteiger partial charge on any atom is 0.120 e. The van der Waals surface area contributed by atoms with Crippen molar-refractivity contribution >= 4 is 0 Å². The third-order valence-electron chi connectivity index (χ3n) is 3.39. The van der Waals surface area contributed by atoms with Gasteiger partial charge in [0.05, 0.1) is 13.1 Å². The minimum absolute atomic E-state index is 0.780. The van der Waals surface area contributed by atoms with Crippen LogP contribution in [0.25, 0.3) is 0 Å². The lowest BCUT2D eigenvalue weighted by Gasteiger charge is -2.19. The molecular weight excluding hydrogens is 250 g/mol. The lowest BCUT2D eigenvalue weighted by atomic mass is 10.2. The van der Waals surface area contributed by atoms with E-state index in [1.165, 1.54) is 11.1 Å². The molecule has 0 aliphatic carbocycles. The first-order valence-electron chi connectivity index (χ1n) is 7.07. The SMILES string of the molecule is CCN(Cc1ccncc1)Cc1cc(C)c(CNC)o1. The predicted octanol–water partition coefficient (Wildman–Crippen LogP) is 2.72. The fourth-order valence-corrected chi connectivity index (χ4v) is 2.25. The van der Waals surface area contributed by atoms with Crippen molar-refractivity contribution in [3.63, 3.8) is 0 Å². The van der Waals surface area contributed by atoms with E-state index in [-0.39, 0.29) is 0 Å². The summed E-state index contributed by atoms with van der Waals surface area (Å²) in [4.78, 5) is 6.41. The molecule has 0 unspecified atom stereocenters. The number of furan rings is 1.